The quantitative estimate of drug-likeness (QED) is 0.843. The molecule has 1 amide bonds. The second kappa shape index (κ2) is 6.77. The van der Waals surface area contributed by atoms with Crippen LogP contribution < -0.4 is 9.47 Å². The van der Waals surface area contributed by atoms with Gasteiger partial charge in [-0.05, 0) is 28.1 Å². The molecule has 104 valence electrons. The van der Waals surface area contributed by atoms with E-state index in [0.29, 0.717) is 42.3 Å². The molecule has 19 heavy (non-hydrogen) atoms. The van der Waals surface area contributed by atoms with Crippen LogP contribution in [0.2, 0.25) is 0 Å². The molecule has 1 fully saturated rings. The maximum atomic E-state index is 11.9. The van der Waals surface area contributed by atoms with Crippen LogP contribution in [0, 0.1) is 0 Å². The van der Waals surface area contributed by atoms with Gasteiger partial charge in [0.2, 0.25) is 0 Å². The smallest absolute Gasteiger partial charge is 0.260 e. The summed E-state index contributed by atoms with van der Waals surface area (Å²) in [5.74, 6) is 1.25. The van der Waals surface area contributed by atoms with E-state index in [1.165, 1.54) is 0 Å². The Balaban J connectivity index is 1.93. The molecule has 2 rings (SSSR count). The molecule has 0 saturated carbocycles. The van der Waals surface area contributed by atoms with Crippen LogP contribution in [-0.4, -0.2) is 50.8 Å². The Labute approximate surface area is 120 Å². The number of benzene rings is 1. The van der Waals surface area contributed by atoms with Crippen molar-refractivity contribution in [1.82, 2.24) is 4.90 Å². The van der Waals surface area contributed by atoms with E-state index in [9.17, 15) is 4.79 Å². The van der Waals surface area contributed by atoms with Gasteiger partial charge >= 0.3 is 0 Å². The van der Waals surface area contributed by atoms with Crippen LogP contribution in [0.15, 0.2) is 22.7 Å². The standard InChI is InChI=1S/C13H16BrNO4/c1-17-10-3-2-4-11(13(10)14)19-9-12(16)15-5-7-18-8-6-15/h2-4H,5-9H2,1H3. The van der Waals surface area contributed by atoms with Crippen LogP contribution in [0.1, 0.15) is 0 Å². The average molecular weight is 330 g/mol. The molecule has 0 radical (unpaired) electrons. The van der Waals surface area contributed by atoms with Gasteiger partial charge in [0.05, 0.1) is 20.3 Å². The molecule has 0 N–H and O–H groups in total. The molecule has 6 heteroatoms. The minimum atomic E-state index is -0.0296. The Kier molecular flexibility index (Phi) is 5.04. The molecule has 0 spiro atoms. The molecule has 1 aliphatic rings. The van der Waals surface area contributed by atoms with Crippen molar-refractivity contribution >= 4 is 21.8 Å². The molecular formula is C13H16BrNO4. The topological polar surface area (TPSA) is 48.0 Å². The van der Waals surface area contributed by atoms with E-state index in [4.69, 9.17) is 14.2 Å². The normalized spacial score (nSPS) is 15.2. The van der Waals surface area contributed by atoms with Crippen molar-refractivity contribution in [3.8, 4) is 11.5 Å². The van der Waals surface area contributed by atoms with Crippen LogP contribution in [0.4, 0.5) is 0 Å². The lowest BCUT2D eigenvalue weighted by Gasteiger charge is -2.26. The fourth-order valence-electron chi connectivity index (χ4n) is 1.80. The zero-order valence-corrected chi connectivity index (χ0v) is 12.3. The molecular weight excluding hydrogens is 314 g/mol. The number of rotatable bonds is 4. The molecule has 1 aliphatic heterocycles. The molecule has 0 aliphatic carbocycles. The van der Waals surface area contributed by atoms with Crippen LogP contribution >= 0.6 is 15.9 Å². The fourth-order valence-corrected chi connectivity index (χ4v) is 2.34. The molecule has 1 aromatic carbocycles. The first kappa shape index (κ1) is 14.1. The van der Waals surface area contributed by atoms with Crippen LogP contribution in [0.3, 0.4) is 0 Å². The van der Waals surface area contributed by atoms with Crippen molar-refractivity contribution in [1.29, 1.82) is 0 Å². The van der Waals surface area contributed by atoms with Gasteiger partial charge in [-0.3, -0.25) is 4.79 Å². The van der Waals surface area contributed by atoms with Gasteiger partial charge in [0, 0.05) is 13.1 Å². The van der Waals surface area contributed by atoms with Crippen LogP contribution in [-0.2, 0) is 9.53 Å². The van der Waals surface area contributed by atoms with Crippen molar-refractivity contribution in [2.45, 2.75) is 0 Å². The number of hydrogen-bond donors (Lipinski definition) is 0. The number of carbonyl (C=O) groups is 1. The maximum absolute atomic E-state index is 11.9. The monoisotopic (exact) mass is 329 g/mol. The summed E-state index contributed by atoms with van der Waals surface area (Å²) in [5, 5.41) is 0. The average Bonchev–Trinajstić information content (AvgIpc) is 2.47. The van der Waals surface area contributed by atoms with E-state index >= 15 is 0 Å². The Morgan fingerprint density at radius 3 is 2.74 bits per heavy atom. The Morgan fingerprint density at radius 1 is 1.37 bits per heavy atom. The summed E-state index contributed by atoms with van der Waals surface area (Å²) >= 11 is 3.39. The fraction of sp³-hybridized carbons (Fsp3) is 0.462. The van der Waals surface area contributed by atoms with E-state index in [0.717, 1.165) is 0 Å². The van der Waals surface area contributed by atoms with Gasteiger partial charge in [-0.15, -0.1) is 0 Å². The largest absolute Gasteiger partial charge is 0.495 e. The van der Waals surface area contributed by atoms with E-state index in [1.54, 1.807) is 18.1 Å². The maximum Gasteiger partial charge on any atom is 0.260 e. The summed E-state index contributed by atoms with van der Waals surface area (Å²) in [6, 6.07) is 5.43. The number of carbonyl (C=O) groups excluding carboxylic acids is 1. The van der Waals surface area contributed by atoms with Gasteiger partial charge in [-0.1, -0.05) is 6.07 Å². The number of morpholine rings is 1. The SMILES string of the molecule is COc1cccc(OCC(=O)N2CCOCC2)c1Br. The van der Waals surface area contributed by atoms with Crippen molar-refractivity contribution in [3.05, 3.63) is 22.7 Å². The minimum Gasteiger partial charge on any atom is -0.495 e. The highest BCUT2D eigenvalue weighted by Crippen LogP contribution is 2.33. The highest BCUT2D eigenvalue weighted by molar-refractivity contribution is 9.10. The van der Waals surface area contributed by atoms with E-state index in [1.807, 2.05) is 12.1 Å². The highest BCUT2D eigenvalue weighted by atomic mass is 79.9. The first-order valence-corrected chi connectivity index (χ1v) is 6.82. The third kappa shape index (κ3) is 3.61. The summed E-state index contributed by atoms with van der Waals surface area (Å²) in [5.41, 5.74) is 0. The zero-order chi connectivity index (χ0) is 13.7. The van der Waals surface area contributed by atoms with E-state index in [-0.39, 0.29) is 12.5 Å². The molecule has 0 aromatic heterocycles. The first-order valence-electron chi connectivity index (χ1n) is 6.03. The van der Waals surface area contributed by atoms with Crippen molar-refractivity contribution < 1.29 is 19.0 Å². The molecule has 1 aromatic rings. The summed E-state index contributed by atoms with van der Waals surface area (Å²) in [7, 11) is 1.59. The number of methoxy groups -OCH3 is 1. The van der Waals surface area contributed by atoms with Gasteiger partial charge in [0.15, 0.2) is 6.61 Å². The Bertz CT molecular complexity index is 446. The first-order chi connectivity index (χ1) is 9.22. The van der Waals surface area contributed by atoms with Crippen molar-refractivity contribution in [3.63, 3.8) is 0 Å². The van der Waals surface area contributed by atoms with Gasteiger partial charge in [-0.2, -0.15) is 0 Å². The highest BCUT2D eigenvalue weighted by Gasteiger charge is 2.18. The lowest BCUT2D eigenvalue weighted by Crippen LogP contribution is -2.43. The van der Waals surface area contributed by atoms with E-state index in [2.05, 4.69) is 15.9 Å². The predicted molar refractivity (Wildman–Crippen MR) is 73.6 cm³/mol. The molecule has 1 heterocycles. The predicted octanol–water partition coefficient (Wildman–Crippen LogP) is 1.70. The third-order valence-electron chi connectivity index (χ3n) is 2.86. The number of ether oxygens (including phenoxy) is 3. The summed E-state index contributed by atoms with van der Waals surface area (Å²) < 4.78 is 16.6. The van der Waals surface area contributed by atoms with Gasteiger partial charge in [-0.25, -0.2) is 0 Å². The Hall–Kier alpha value is -1.27. The lowest BCUT2D eigenvalue weighted by atomic mass is 10.3. The van der Waals surface area contributed by atoms with Gasteiger partial charge in [0.1, 0.15) is 16.0 Å². The zero-order valence-electron chi connectivity index (χ0n) is 10.7. The summed E-state index contributed by atoms with van der Waals surface area (Å²) in [4.78, 5) is 13.7. The molecule has 1 saturated heterocycles. The molecule has 0 atom stereocenters. The number of nitrogens with zero attached hydrogens (tertiary/aromatic N) is 1. The molecule has 0 bridgehead atoms. The van der Waals surface area contributed by atoms with Crippen molar-refractivity contribution in [2.24, 2.45) is 0 Å². The number of hydrogen-bond acceptors (Lipinski definition) is 4. The van der Waals surface area contributed by atoms with Crippen LogP contribution in [0.25, 0.3) is 0 Å². The molecule has 0 unspecified atom stereocenters. The summed E-state index contributed by atoms with van der Waals surface area (Å²) in [6.07, 6.45) is 0. The van der Waals surface area contributed by atoms with Gasteiger partial charge < -0.3 is 19.1 Å². The molecule has 5 nitrogen and oxygen atoms in total. The van der Waals surface area contributed by atoms with Crippen LogP contribution in [0.5, 0.6) is 11.5 Å². The summed E-state index contributed by atoms with van der Waals surface area (Å²) in [6.45, 7) is 2.46. The number of halogens is 1. The lowest BCUT2D eigenvalue weighted by molar-refractivity contribution is -0.137. The number of amides is 1. The van der Waals surface area contributed by atoms with Crippen molar-refractivity contribution in [2.75, 3.05) is 40.0 Å². The van der Waals surface area contributed by atoms with Gasteiger partial charge in [0.25, 0.3) is 5.91 Å². The third-order valence-corrected chi connectivity index (χ3v) is 3.64. The minimum absolute atomic E-state index is 0.0196. The van der Waals surface area contributed by atoms with E-state index < -0.39 is 0 Å². The Morgan fingerprint density at radius 2 is 2.05 bits per heavy atom. The second-order valence-electron chi connectivity index (χ2n) is 4.05. The second-order valence-corrected chi connectivity index (χ2v) is 4.85.